The number of benzene rings is 4. The lowest BCUT2D eigenvalue weighted by Gasteiger charge is -2.13. The highest BCUT2D eigenvalue weighted by Gasteiger charge is 2.12. The van der Waals surface area contributed by atoms with Gasteiger partial charge in [0, 0.05) is 27.9 Å². The van der Waals surface area contributed by atoms with E-state index >= 15 is 0 Å². The summed E-state index contributed by atoms with van der Waals surface area (Å²) in [6.07, 6.45) is 1.73. The lowest BCUT2D eigenvalue weighted by atomic mass is 10.1. The first-order valence-corrected chi connectivity index (χ1v) is 11.3. The maximum absolute atomic E-state index is 6.28. The summed E-state index contributed by atoms with van der Waals surface area (Å²) in [5, 5.41) is 3.06. The Balaban J connectivity index is 1.45. The number of nitrogens with one attached hydrogen (secondary N) is 1. The van der Waals surface area contributed by atoms with E-state index in [0.717, 1.165) is 38.0 Å². The molecule has 33 heavy (non-hydrogen) atoms. The Morgan fingerprint density at radius 2 is 1.55 bits per heavy atom. The molecular formula is C27H22N2O3S. The van der Waals surface area contributed by atoms with Gasteiger partial charge in [-0.3, -0.25) is 4.98 Å². The third-order valence-electron chi connectivity index (χ3n) is 5.31. The van der Waals surface area contributed by atoms with Crippen LogP contribution in [0.1, 0.15) is 0 Å². The molecule has 0 aliphatic rings. The van der Waals surface area contributed by atoms with Crippen LogP contribution in [-0.2, 0) is 0 Å². The Morgan fingerprint density at radius 1 is 0.727 bits per heavy atom. The van der Waals surface area contributed by atoms with Crippen LogP contribution in [0.4, 0.5) is 5.69 Å². The molecule has 6 heteroatoms. The number of pyridine rings is 1. The van der Waals surface area contributed by atoms with E-state index in [0.29, 0.717) is 17.2 Å². The molecule has 0 aliphatic carbocycles. The summed E-state index contributed by atoms with van der Waals surface area (Å²) in [6, 6.07) is 28.1. The molecule has 5 rings (SSSR count). The van der Waals surface area contributed by atoms with Crippen molar-refractivity contribution in [2.75, 3.05) is 18.9 Å². The molecule has 0 radical (unpaired) electrons. The van der Waals surface area contributed by atoms with E-state index in [1.54, 1.807) is 32.4 Å². The molecule has 0 fully saturated rings. The molecule has 0 saturated heterocycles. The van der Waals surface area contributed by atoms with Gasteiger partial charge in [-0.25, -0.2) is 0 Å². The Kier molecular flexibility index (Phi) is 5.91. The zero-order valence-electron chi connectivity index (χ0n) is 18.2. The zero-order valence-corrected chi connectivity index (χ0v) is 19.1. The standard InChI is InChI=1S/C27H22N2O3S/c1-30-26-16-22-24(17-27(26)31-2)28-14-13-25(22)32-19-11-12-21-18(15-19)7-6-10-23(21)29-33-20-8-4-3-5-9-20/h3-17,29H,1-2H3. The highest BCUT2D eigenvalue weighted by molar-refractivity contribution is 8.00. The van der Waals surface area contributed by atoms with Crippen LogP contribution in [-0.4, -0.2) is 19.2 Å². The molecule has 164 valence electrons. The van der Waals surface area contributed by atoms with Gasteiger partial charge < -0.3 is 18.9 Å². The molecule has 0 atom stereocenters. The Bertz CT molecular complexity index is 1420. The van der Waals surface area contributed by atoms with E-state index in [9.17, 15) is 0 Å². The first-order valence-electron chi connectivity index (χ1n) is 10.4. The van der Waals surface area contributed by atoms with Crippen molar-refractivity contribution in [2.45, 2.75) is 4.90 Å². The van der Waals surface area contributed by atoms with Crippen LogP contribution < -0.4 is 18.9 Å². The van der Waals surface area contributed by atoms with Gasteiger partial charge >= 0.3 is 0 Å². The molecule has 5 nitrogen and oxygen atoms in total. The second kappa shape index (κ2) is 9.30. The van der Waals surface area contributed by atoms with Gasteiger partial charge in [0.2, 0.25) is 0 Å². The first-order chi connectivity index (χ1) is 16.2. The maximum Gasteiger partial charge on any atom is 0.162 e. The summed E-state index contributed by atoms with van der Waals surface area (Å²) in [5.41, 5.74) is 1.83. The molecular weight excluding hydrogens is 432 g/mol. The smallest absolute Gasteiger partial charge is 0.162 e. The van der Waals surface area contributed by atoms with Crippen molar-refractivity contribution in [1.82, 2.24) is 4.98 Å². The molecule has 1 aromatic heterocycles. The average molecular weight is 455 g/mol. The van der Waals surface area contributed by atoms with Crippen LogP contribution in [0.2, 0.25) is 0 Å². The summed E-state index contributed by atoms with van der Waals surface area (Å²) >= 11 is 1.59. The number of hydrogen-bond acceptors (Lipinski definition) is 6. The summed E-state index contributed by atoms with van der Waals surface area (Å²) in [6.45, 7) is 0. The van der Waals surface area contributed by atoms with Crippen LogP contribution >= 0.6 is 11.9 Å². The number of methoxy groups -OCH3 is 2. The fraction of sp³-hybridized carbons (Fsp3) is 0.0741. The van der Waals surface area contributed by atoms with Gasteiger partial charge in [-0.15, -0.1) is 0 Å². The van der Waals surface area contributed by atoms with E-state index in [4.69, 9.17) is 14.2 Å². The molecule has 1 N–H and O–H groups in total. The quantitative estimate of drug-likeness (QED) is 0.260. The number of fused-ring (bicyclic) bond motifs is 2. The molecule has 0 aliphatic heterocycles. The number of ether oxygens (including phenoxy) is 3. The van der Waals surface area contributed by atoms with Crippen molar-refractivity contribution in [1.29, 1.82) is 0 Å². The van der Waals surface area contributed by atoms with Crippen molar-refractivity contribution >= 4 is 39.3 Å². The molecule has 5 aromatic rings. The molecule has 0 spiro atoms. The zero-order chi connectivity index (χ0) is 22.6. The Hall–Kier alpha value is -3.90. The predicted molar refractivity (Wildman–Crippen MR) is 135 cm³/mol. The summed E-state index contributed by atoms with van der Waals surface area (Å²) < 4.78 is 20.6. The van der Waals surface area contributed by atoms with Crippen molar-refractivity contribution < 1.29 is 14.2 Å². The number of hydrogen-bond donors (Lipinski definition) is 1. The van der Waals surface area contributed by atoms with E-state index < -0.39 is 0 Å². The fourth-order valence-electron chi connectivity index (χ4n) is 3.68. The van der Waals surface area contributed by atoms with Gasteiger partial charge in [0.15, 0.2) is 11.5 Å². The molecule has 0 bridgehead atoms. The van der Waals surface area contributed by atoms with Gasteiger partial charge in [-0.2, -0.15) is 0 Å². The number of nitrogens with zero attached hydrogens (tertiary/aromatic N) is 1. The van der Waals surface area contributed by atoms with Gasteiger partial charge in [-0.05, 0) is 65.9 Å². The SMILES string of the molecule is COc1cc2nccc(Oc3ccc4c(NSc5ccccc5)cccc4c3)c2cc1OC. The minimum atomic E-state index is 0.632. The van der Waals surface area contributed by atoms with Crippen LogP contribution in [0.5, 0.6) is 23.0 Å². The van der Waals surface area contributed by atoms with Crippen molar-refractivity contribution in [3.63, 3.8) is 0 Å². The Labute approximate surface area is 196 Å². The first kappa shape index (κ1) is 21.0. The fourth-order valence-corrected chi connectivity index (χ4v) is 4.38. The van der Waals surface area contributed by atoms with Crippen LogP contribution in [0.25, 0.3) is 21.7 Å². The van der Waals surface area contributed by atoms with E-state index in [2.05, 4.69) is 40.0 Å². The van der Waals surface area contributed by atoms with Crippen molar-refractivity contribution in [3.8, 4) is 23.0 Å². The van der Waals surface area contributed by atoms with Gasteiger partial charge in [0.05, 0.1) is 25.4 Å². The minimum Gasteiger partial charge on any atom is -0.493 e. The van der Waals surface area contributed by atoms with Crippen molar-refractivity contribution in [3.05, 3.63) is 91.1 Å². The molecule has 0 amide bonds. The topological polar surface area (TPSA) is 52.6 Å². The lowest BCUT2D eigenvalue weighted by molar-refractivity contribution is 0.355. The number of anilines is 1. The predicted octanol–water partition coefficient (Wildman–Crippen LogP) is 7.32. The van der Waals surface area contributed by atoms with Gasteiger partial charge in [0.1, 0.15) is 11.5 Å². The van der Waals surface area contributed by atoms with Gasteiger partial charge in [-0.1, -0.05) is 30.3 Å². The Morgan fingerprint density at radius 3 is 2.36 bits per heavy atom. The average Bonchev–Trinajstić information content (AvgIpc) is 2.87. The minimum absolute atomic E-state index is 0.632. The largest absolute Gasteiger partial charge is 0.493 e. The lowest BCUT2D eigenvalue weighted by Crippen LogP contribution is -1.93. The maximum atomic E-state index is 6.28. The van der Waals surface area contributed by atoms with E-state index in [-0.39, 0.29) is 0 Å². The third kappa shape index (κ3) is 4.38. The second-order valence-corrected chi connectivity index (χ2v) is 8.22. The van der Waals surface area contributed by atoms with Gasteiger partial charge in [0.25, 0.3) is 0 Å². The molecule has 1 heterocycles. The summed E-state index contributed by atoms with van der Waals surface area (Å²) in [5.74, 6) is 2.72. The highest BCUT2D eigenvalue weighted by Crippen LogP contribution is 2.38. The van der Waals surface area contributed by atoms with Crippen molar-refractivity contribution in [2.24, 2.45) is 0 Å². The van der Waals surface area contributed by atoms with Crippen LogP contribution in [0.15, 0.2) is 96.0 Å². The highest BCUT2D eigenvalue weighted by atomic mass is 32.2. The van der Waals surface area contributed by atoms with Crippen LogP contribution in [0.3, 0.4) is 0 Å². The molecule has 0 saturated carbocycles. The molecule has 4 aromatic carbocycles. The number of aromatic nitrogens is 1. The van der Waals surface area contributed by atoms with Crippen LogP contribution in [0, 0.1) is 0 Å². The summed E-state index contributed by atoms with van der Waals surface area (Å²) in [7, 11) is 3.23. The third-order valence-corrected chi connectivity index (χ3v) is 6.14. The number of rotatable bonds is 7. The summed E-state index contributed by atoms with van der Waals surface area (Å²) in [4.78, 5) is 5.61. The van der Waals surface area contributed by atoms with E-state index in [1.807, 2.05) is 54.6 Å². The van der Waals surface area contributed by atoms with E-state index in [1.165, 1.54) is 0 Å². The molecule has 0 unspecified atom stereocenters. The monoisotopic (exact) mass is 454 g/mol. The normalized spacial score (nSPS) is 10.8. The second-order valence-electron chi connectivity index (χ2n) is 7.34.